The standard InChI is InChI=1S/C26H30N6O5S/c1-4-37-22-13-6-10-17(28-22)25-31-24-26(32(25)23-20(35-2)11-7-12-21(23)36-3)30-19(15-27-38(33)34)18(29-24)14-16-8-5-9-16/h6-7,10-13,16,27H,4-5,8-9,14-15H2,1-3H3,(H,33,34). The second kappa shape index (κ2) is 11.4. The number of imidazole rings is 1. The highest BCUT2D eigenvalue weighted by Crippen LogP contribution is 2.38. The van der Waals surface area contributed by atoms with E-state index < -0.39 is 11.3 Å². The molecule has 3 heterocycles. The Hall–Kier alpha value is -3.61. The van der Waals surface area contributed by atoms with E-state index >= 15 is 0 Å². The van der Waals surface area contributed by atoms with E-state index in [0.29, 0.717) is 64.1 Å². The molecule has 1 aromatic carbocycles. The molecule has 5 rings (SSSR count). The first-order chi connectivity index (χ1) is 18.5. The van der Waals surface area contributed by atoms with Crippen LogP contribution in [-0.2, 0) is 24.2 Å². The number of aromatic nitrogens is 5. The molecule has 1 fully saturated rings. The van der Waals surface area contributed by atoms with Gasteiger partial charge >= 0.3 is 0 Å². The summed E-state index contributed by atoms with van der Waals surface area (Å²) < 4.78 is 42.3. The van der Waals surface area contributed by atoms with Crippen molar-refractivity contribution in [3.63, 3.8) is 0 Å². The highest BCUT2D eigenvalue weighted by Gasteiger charge is 2.27. The summed E-state index contributed by atoms with van der Waals surface area (Å²) in [6.07, 6.45) is 4.19. The van der Waals surface area contributed by atoms with Crippen molar-refractivity contribution in [1.29, 1.82) is 0 Å². The van der Waals surface area contributed by atoms with E-state index in [1.165, 1.54) is 6.42 Å². The molecule has 0 radical (unpaired) electrons. The largest absolute Gasteiger partial charge is 0.494 e. The Labute approximate surface area is 223 Å². The molecule has 3 aromatic heterocycles. The molecule has 11 nitrogen and oxygen atoms in total. The molecule has 4 aromatic rings. The lowest BCUT2D eigenvalue weighted by Crippen LogP contribution is -2.21. The molecule has 200 valence electrons. The first-order valence-electron chi connectivity index (χ1n) is 12.5. The first kappa shape index (κ1) is 26.0. The van der Waals surface area contributed by atoms with Crippen LogP contribution in [0.4, 0.5) is 0 Å². The van der Waals surface area contributed by atoms with E-state index in [2.05, 4.69) is 9.71 Å². The maximum absolute atomic E-state index is 11.4. The van der Waals surface area contributed by atoms with Gasteiger partial charge in [0.15, 0.2) is 17.1 Å². The summed E-state index contributed by atoms with van der Waals surface area (Å²) in [4.78, 5) is 19.4. The number of para-hydroxylation sites is 1. The van der Waals surface area contributed by atoms with Crippen LogP contribution < -0.4 is 18.9 Å². The van der Waals surface area contributed by atoms with Crippen LogP contribution in [0.1, 0.15) is 37.6 Å². The van der Waals surface area contributed by atoms with Gasteiger partial charge < -0.3 is 14.2 Å². The van der Waals surface area contributed by atoms with E-state index in [1.807, 2.05) is 41.8 Å². The predicted octanol–water partition coefficient (Wildman–Crippen LogP) is 3.86. The number of nitrogens with zero attached hydrogens (tertiary/aromatic N) is 5. The van der Waals surface area contributed by atoms with Crippen LogP contribution in [0.25, 0.3) is 28.5 Å². The quantitative estimate of drug-likeness (QED) is 0.273. The fraction of sp³-hybridized carbons (Fsp3) is 0.385. The van der Waals surface area contributed by atoms with Gasteiger partial charge in [-0.25, -0.2) is 28.9 Å². The lowest BCUT2D eigenvalue weighted by atomic mass is 9.82. The molecule has 12 heteroatoms. The van der Waals surface area contributed by atoms with Crippen LogP contribution in [0.3, 0.4) is 0 Å². The molecule has 0 aliphatic heterocycles. The SMILES string of the molecule is CCOc1cccc(-c2nc3nc(CC4CCC4)c(CNS(=O)O)nc3n2-c2c(OC)cccc2OC)n1. The summed E-state index contributed by atoms with van der Waals surface area (Å²) in [5, 5.41) is 0. The highest BCUT2D eigenvalue weighted by molar-refractivity contribution is 7.77. The van der Waals surface area contributed by atoms with Gasteiger partial charge in [-0.3, -0.25) is 9.12 Å². The molecule has 2 N–H and O–H groups in total. The number of hydrogen-bond donors (Lipinski definition) is 2. The molecule has 1 aliphatic carbocycles. The fourth-order valence-corrected chi connectivity index (χ4v) is 4.83. The molecule has 1 atom stereocenters. The monoisotopic (exact) mass is 538 g/mol. The van der Waals surface area contributed by atoms with Crippen molar-refractivity contribution >= 4 is 22.6 Å². The lowest BCUT2D eigenvalue weighted by Gasteiger charge is -2.25. The number of rotatable bonds is 11. The van der Waals surface area contributed by atoms with Crippen LogP contribution in [0.2, 0.25) is 0 Å². The number of hydrogen-bond acceptors (Lipinski definition) is 8. The van der Waals surface area contributed by atoms with Crippen molar-refractivity contribution in [2.24, 2.45) is 5.92 Å². The van der Waals surface area contributed by atoms with E-state index in [1.54, 1.807) is 20.3 Å². The molecule has 0 amide bonds. The fourth-order valence-electron chi connectivity index (χ4n) is 4.57. The van der Waals surface area contributed by atoms with Crippen molar-refractivity contribution in [2.45, 2.75) is 39.2 Å². The van der Waals surface area contributed by atoms with Crippen LogP contribution >= 0.6 is 0 Å². The van der Waals surface area contributed by atoms with Gasteiger partial charge in [0, 0.05) is 6.07 Å². The maximum atomic E-state index is 11.4. The van der Waals surface area contributed by atoms with Gasteiger partial charge in [-0.05, 0) is 37.5 Å². The summed E-state index contributed by atoms with van der Waals surface area (Å²) in [5.74, 6) is 2.55. The average Bonchev–Trinajstić information content (AvgIpc) is 3.26. The van der Waals surface area contributed by atoms with Crippen LogP contribution in [0, 0.1) is 5.92 Å². The molecular formula is C26H30N6O5S. The molecule has 1 aliphatic rings. The highest BCUT2D eigenvalue weighted by atomic mass is 32.2. The normalized spacial score (nSPS) is 14.3. The van der Waals surface area contributed by atoms with Gasteiger partial charge in [0.2, 0.25) is 17.1 Å². The zero-order chi connectivity index (χ0) is 26.6. The van der Waals surface area contributed by atoms with Crippen molar-refractivity contribution in [3.8, 4) is 34.6 Å². The van der Waals surface area contributed by atoms with Crippen LogP contribution in [0.5, 0.6) is 17.4 Å². The Bertz CT molecular complexity index is 1450. The molecule has 0 saturated heterocycles. The summed E-state index contributed by atoms with van der Waals surface area (Å²) in [5.41, 5.74) is 3.37. The molecule has 0 spiro atoms. The minimum atomic E-state index is -2.19. The van der Waals surface area contributed by atoms with Gasteiger partial charge in [-0.2, -0.15) is 0 Å². The molecule has 1 saturated carbocycles. The maximum Gasteiger partial charge on any atom is 0.232 e. The Morgan fingerprint density at radius 1 is 1.03 bits per heavy atom. The number of ether oxygens (including phenoxy) is 3. The van der Waals surface area contributed by atoms with E-state index in [4.69, 9.17) is 29.2 Å². The summed E-state index contributed by atoms with van der Waals surface area (Å²) in [6, 6.07) is 11.0. The third-order valence-corrected chi connectivity index (χ3v) is 6.98. The Kier molecular flexibility index (Phi) is 7.82. The third-order valence-electron chi connectivity index (χ3n) is 6.59. The minimum absolute atomic E-state index is 0.0791. The summed E-state index contributed by atoms with van der Waals surface area (Å²) in [6.45, 7) is 2.45. The van der Waals surface area contributed by atoms with Crippen molar-refractivity contribution < 1.29 is 23.0 Å². The van der Waals surface area contributed by atoms with Crippen molar-refractivity contribution in [1.82, 2.24) is 29.2 Å². The van der Waals surface area contributed by atoms with Crippen LogP contribution in [0.15, 0.2) is 36.4 Å². The third kappa shape index (κ3) is 5.19. The number of benzene rings is 1. The predicted molar refractivity (Wildman–Crippen MR) is 143 cm³/mol. The molecule has 38 heavy (non-hydrogen) atoms. The number of methoxy groups -OCH3 is 2. The summed E-state index contributed by atoms with van der Waals surface area (Å²) >= 11 is -2.19. The van der Waals surface area contributed by atoms with E-state index in [-0.39, 0.29) is 6.54 Å². The van der Waals surface area contributed by atoms with Gasteiger partial charge in [-0.1, -0.05) is 31.4 Å². The molecule has 1 unspecified atom stereocenters. The number of nitrogens with one attached hydrogen (secondary N) is 1. The zero-order valence-electron chi connectivity index (χ0n) is 21.5. The topological polar surface area (TPSA) is 134 Å². The Morgan fingerprint density at radius 2 is 1.76 bits per heavy atom. The number of fused-ring (bicyclic) bond motifs is 1. The van der Waals surface area contributed by atoms with Crippen LogP contribution in [-0.4, -0.2) is 54.1 Å². The first-order valence-corrected chi connectivity index (χ1v) is 13.6. The average molecular weight is 539 g/mol. The summed E-state index contributed by atoms with van der Waals surface area (Å²) in [7, 11) is 3.17. The lowest BCUT2D eigenvalue weighted by molar-refractivity contribution is 0.311. The van der Waals surface area contributed by atoms with E-state index in [9.17, 15) is 8.76 Å². The van der Waals surface area contributed by atoms with Gasteiger partial charge in [0.25, 0.3) is 0 Å². The van der Waals surface area contributed by atoms with Gasteiger partial charge in [-0.15, -0.1) is 0 Å². The second-order valence-electron chi connectivity index (χ2n) is 8.91. The zero-order valence-corrected chi connectivity index (χ0v) is 22.3. The molecule has 0 bridgehead atoms. The number of pyridine rings is 1. The van der Waals surface area contributed by atoms with Gasteiger partial charge in [0.05, 0.1) is 38.8 Å². The Morgan fingerprint density at radius 3 is 2.39 bits per heavy atom. The second-order valence-corrected chi connectivity index (χ2v) is 9.70. The smallest absolute Gasteiger partial charge is 0.232 e. The molecular weight excluding hydrogens is 508 g/mol. The van der Waals surface area contributed by atoms with E-state index in [0.717, 1.165) is 25.0 Å². The van der Waals surface area contributed by atoms with Gasteiger partial charge in [0.1, 0.15) is 22.9 Å². The van der Waals surface area contributed by atoms with Crippen molar-refractivity contribution in [2.75, 3.05) is 20.8 Å². The van der Waals surface area contributed by atoms with Crippen molar-refractivity contribution in [3.05, 3.63) is 47.8 Å². The minimum Gasteiger partial charge on any atom is -0.494 e. The Balaban J connectivity index is 1.78.